The zero-order chi connectivity index (χ0) is 23.3. The van der Waals surface area contributed by atoms with E-state index in [1.54, 1.807) is 38.1 Å². The molecule has 2 amide bonds. The second-order valence-corrected chi connectivity index (χ2v) is 9.04. The van der Waals surface area contributed by atoms with Crippen molar-refractivity contribution in [3.63, 3.8) is 0 Å². The summed E-state index contributed by atoms with van der Waals surface area (Å²) in [6.45, 7) is 3.36. The Balaban J connectivity index is 1.71. The summed E-state index contributed by atoms with van der Waals surface area (Å²) in [7, 11) is 1.53. The van der Waals surface area contributed by atoms with Crippen LogP contribution in [0.5, 0.6) is 11.5 Å². The Labute approximate surface area is 198 Å². The van der Waals surface area contributed by atoms with Crippen LogP contribution in [0.15, 0.2) is 51.8 Å². The van der Waals surface area contributed by atoms with Gasteiger partial charge in [-0.1, -0.05) is 34.1 Å². The average molecular weight is 520 g/mol. The number of imide groups is 1. The summed E-state index contributed by atoms with van der Waals surface area (Å²) < 4.78 is 17.3. The van der Waals surface area contributed by atoms with Gasteiger partial charge in [0.15, 0.2) is 11.5 Å². The molecule has 0 spiro atoms. The largest absolute Gasteiger partial charge is 0.493 e. The lowest BCUT2D eigenvalue weighted by Gasteiger charge is -2.13. The second kappa shape index (κ2) is 10.7. The molecular weight excluding hydrogens is 498 g/mol. The number of amides is 2. The van der Waals surface area contributed by atoms with Crippen molar-refractivity contribution >= 4 is 50.9 Å². The minimum Gasteiger partial charge on any atom is -0.493 e. The molecule has 1 aliphatic rings. The van der Waals surface area contributed by atoms with Crippen molar-refractivity contribution < 1.29 is 28.6 Å². The van der Waals surface area contributed by atoms with E-state index in [1.807, 2.05) is 24.3 Å². The van der Waals surface area contributed by atoms with Crippen LogP contribution in [0.1, 0.15) is 25.0 Å². The Morgan fingerprint density at radius 3 is 2.50 bits per heavy atom. The maximum absolute atomic E-state index is 12.6. The van der Waals surface area contributed by atoms with E-state index in [9.17, 15) is 14.4 Å². The number of esters is 1. The number of rotatable bonds is 8. The summed E-state index contributed by atoms with van der Waals surface area (Å²) in [5, 5.41) is -0.511. The molecule has 0 unspecified atom stereocenters. The van der Waals surface area contributed by atoms with Gasteiger partial charge in [0.2, 0.25) is 0 Å². The molecule has 7 nitrogen and oxygen atoms in total. The third kappa shape index (κ3) is 6.14. The van der Waals surface area contributed by atoms with Gasteiger partial charge in [-0.05, 0) is 67.1 Å². The van der Waals surface area contributed by atoms with Crippen LogP contribution >= 0.6 is 27.7 Å². The predicted molar refractivity (Wildman–Crippen MR) is 125 cm³/mol. The lowest BCUT2D eigenvalue weighted by Crippen LogP contribution is -2.35. The summed E-state index contributed by atoms with van der Waals surface area (Å²) in [5.74, 6) is -0.111. The summed E-state index contributed by atoms with van der Waals surface area (Å²) in [5.41, 5.74) is 1.66. The van der Waals surface area contributed by atoms with Crippen LogP contribution in [0, 0.1) is 0 Å². The van der Waals surface area contributed by atoms with E-state index in [4.69, 9.17) is 14.2 Å². The first-order valence-corrected chi connectivity index (χ1v) is 11.4. The topological polar surface area (TPSA) is 82.1 Å². The smallest absolute Gasteiger partial charge is 0.326 e. The number of hydrogen-bond acceptors (Lipinski definition) is 7. The summed E-state index contributed by atoms with van der Waals surface area (Å²) >= 11 is 4.18. The summed E-state index contributed by atoms with van der Waals surface area (Å²) in [6.07, 6.45) is 1.26. The van der Waals surface area contributed by atoms with Gasteiger partial charge in [0, 0.05) is 4.47 Å². The Morgan fingerprint density at radius 1 is 1.12 bits per heavy atom. The number of carbonyl (C=O) groups is 3. The van der Waals surface area contributed by atoms with E-state index in [-0.39, 0.29) is 11.0 Å². The van der Waals surface area contributed by atoms with Gasteiger partial charge >= 0.3 is 5.97 Å². The van der Waals surface area contributed by atoms with Gasteiger partial charge in [-0.2, -0.15) is 0 Å². The molecule has 1 fully saturated rings. The monoisotopic (exact) mass is 519 g/mol. The molecule has 0 bridgehead atoms. The Hall–Kier alpha value is -2.78. The van der Waals surface area contributed by atoms with Crippen LogP contribution in [0.2, 0.25) is 0 Å². The van der Waals surface area contributed by atoms with Crippen molar-refractivity contribution in [1.29, 1.82) is 0 Å². The first-order chi connectivity index (χ1) is 15.3. The van der Waals surface area contributed by atoms with Gasteiger partial charge in [-0.3, -0.25) is 19.3 Å². The number of methoxy groups -OCH3 is 1. The normalized spacial score (nSPS) is 14.9. The molecule has 32 heavy (non-hydrogen) atoms. The molecule has 1 aliphatic heterocycles. The highest BCUT2D eigenvalue weighted by molar-refractivity contribution is 9.10. The third-order valence-corrected chi connectivity index (χ3v) is 5.76. The highest BCUT2D eigenvalue weighted by atomic mass is 79.9. The SMILES string of the molecule is COc1cc(/C=C2/SC(=O)N(CC(=O)OC(C)C)C2=O)ccc1OCc1ccc(Br)cc1. The second-order valence-electron chi connectivity index (χ2n) is 7.13. The molecule has 1 saturated heterocycles. The predicted octanol–water partition coefficient (Wildman–Crippen LogP) is 5.02. The van der Waals surface area contributed by atoms with Crippen LogP contribution in [0.25, 0.3) is 6.08 Å². The van der Waals surface area contributed by atoms with E-state index in [0.717, 1.165) is 26.7 Å². The lowest BCUT2D eigenvalue weighted by molar-refractivity contribution is -0.149. The maximum Gasteiger partial charge on any atom is 0.326 e. The first kappa shape index (κ1) is 23.9. The zero-order valence-corrected chi connectivity index (χ0v) is 20.2. The van der Waals surface area contributed by atoms with Gasteiger partial charge in [-0.25, -0.2) is 0 Å². The van der Waals surface area contributed by atoms with Crippen molar-refractivity contribution in [3.8, 4) is 11.5 Å². The molecule has 2 aromatic rings. The van der Waals surface area contributed by atoms with Gasteiger partial charge in [-0.15, -0.1) is 0 Å². The Kier molecular flexibility index (Phi) is 7.98. The first-order valence-electron chi connectivity index (χ1n) is 9.77. The van der Waals surface area contributed by atoms with E-state index in [2.05, 4.69) is 15.9 Å². The fourth-order valence-corrected chi connectivity index (χ4v) is 3.95. The minimum atomic E-state index is -0.627. The van der Waals surface area contributed by atoms with Gasteiger partial charge in [0.1, 0.15) is 13.2 Å². The fraction of sp³-hybridized carbons (Fsp3) is 0.261. The molecule has 1 heterocycles. The van der Waals surface area contributed by atoms with Crippen molar-refractivity contribution in [2.24, 2.45) is 0 Å². The summed E-state index contributed by atoms with van der Waals surface area (Å²) in [4.78, 5) is 37.7. The number of benzene rings is 2. The minimum absolute atomic E-state index is 0.220. The van der Waals surface area contributed by atoms with Crippen LogP contribution in [0.4, 0.5) is 4.79 Å². The molecule has 2 aromatic carbocycles. The molecule has 0 atom stereocenters. The van der Waals surface area contributed by atoms with E-state index >= 15 is 0 Å². The Bertz CT molecular complexity index is 1050. The summed E-state index contributed by atoms with van der Waals surface area (Å²) in [6, 6.07) is 13.0. The Morgan fingerprint density at radius 2 is 1.84 bits per heavy atom. The van der Waals surface area contributed by atoms with Crippen molar-refractivity contribution in [2.45, 2.75) is 26.6 Å². The van der Waals surface area contributed by atoms with E-state index in [1.165, 1.54) is 7.11 Å². The number of ether oxygens (including phenoxy) is 3. The highest BCUT2D eigenvalue weighted by Gasteiger charge is 2.36. The number of carbonyl (C=O) groups excluding carboxylic acids is 3. The fourth-order valence-electron chi connectivity index (χ4n) is 2.85. The molecule has 9 heteroatoms. The molecular formula is C23H22BrNO6S. The van der Waals surface area contributed by atoms with Crippen molar-refractivity contribution in [1.82, 2.24) is 4.90 Å². The third-order valence-electron chi connectivity index (χ3n) is 4.32. The number of halogens is 1. The van der Waals surface area contributed by atoms with Crippen LogP contribution in [-0.2, 0) is 20.9 Å². The highest BCUT2D eigenvalue weighted by Crippen LogP contribution is 2.34. The molecule has 0 N–H and O–H groups in total. The molecule has 0 aliphatic carbocycles. The molecule has 168 valence electrons. The zero-order valence-electron chi connectivity index (χ0n) is 17.8. The standard InChI is InChI=1S/C23H22BrNO6S/c1-14(2)31-21(26)12-25-22(27)20(32-23(25)28)11-16-6-9-18(19(10-16)29-3)30-13-15-4-7-17(24)8-5-15/h4-11,14H,12-13H2,1-3H3/b20-11+. The van der Waals surface area contributed by atoms with E-state index < -0.39 is 23.7 Å². The number of thioether (sulfide) groups is 1. The van der Waals surface area contributed by atoms with Gasteiger partial charge in [0.25, 0.3) is 11.1 Å². The molecule has 3 rings (SSSR count). The van der Waals surface area contributed by atoms with E-state index in [0.29, 0.717) is 23.7 Å². The van der Waals surface area contributed by atoms with Crippen molar-refractivity contribution in [3.05, 3.63) is 63.0 Å². The molecule has 0 saturated carbocycles. The molecule has 0 aromatic heterocycles. The van der Waals surface area contributed by atoms with Gasteiger partial charge < -0.3 is 14.2 Å². The van der Waals surface area contributed by atoms with Crippen molar-refractivity contribution in [2.75, 3.05) is 13.7 Å². The maximum atomic E-state index is 12.6. The van der Waals surface area contributed by atoms with Crippen LogP contribution in [0.3, 0.4) is 0 Å². The lowest BCUT2D eigenvalue weighted by atomic mass is 10.1. The number of hydrogen-bond donors (Lipinski definition) is 0. The molecule has 0 radical (unpaired) electrons. The van der Waals surface area contributed by atoms with Crippen LogP contribution < -0.4 is 9.47 Å². The quantitative estimate of drug-likeness (QED) is 0.357. The van der Waals surface area contributed by atoms with Crippen LogP contribution in [-0.4, -0.2) is 41.8 Å². The average Bonchev–Trinajstić information content (AvgIpc) is 3.00. The number of nitrogens with zero attached hydrogens (tertiary/aromatic N) is 1. The van der Waals surface area contributed by atoms with Gasteiger partial charge in [0.05, 0.1) is 18.1 Å².